The third-order valence-corrected chi connectivity index (χ3v) is 4.84. The second kappa shape index (κ2) is 8.94. The highest BCUT2D eigenvalue weighted by Gasteiger charge is 2.38. The minimum Gasteiger partial charge on any atom is -0.495 e. The quantitative estimate of drug-likeness (QED) is 0.735. The summed E-state index contributed by atoms with van der Waals surface area (Å²) in [5.41, 5.74) is 1.80. The summed E-state index contributed by atoms with van der Waals surface area (Å²) >= 11 is 0. The largest absolute Gasteiger partial charge is 0.495 e. The number of esters is 1. The lowest BCUT2D eigenvalue weighted by molar-refractivity contribution is -0.157. The van der Waals surface area contributed by atoms with Crippen molar-refractivity contribution in [3.05, 3.63) is 53.8 Å². The van der Waals surface area contributed by atoms with Gasteiger partial charge < -0.3 is 19.7 Å². The Balaban J connectivity index is 1.63. The number of aryl methyl sites for hydroxylation is 1. The van der Waals surface area contributed by atoms with E-state index in [1.807, 2.05) is 19.1 Å². The van der Waals surface area contributed by atoms with E-state index in [0.29, 0.717) is 11.4 Å². The molecule has 0 bridgehead atoms. The molecule has 0 saturated carbocycles. The molecule has 0 radical (unpaired) electrons. The smallest absolute Gasteiger partial charge is 0.312 e. The zero-order valence-corrected chi connectivity index (χ0v) is 17.0. The average Bonchev–Trinajstić information content (AvgIpc) is 3.09. The maximum atomic E-state index is 13.2. The third-order valence-electron chi connectivity index (χ3n) is 4.84. The van der Waals surface area contributed by atoms with Gasteiger partial charge in [0.1, 0.15) is 11.6 Å². The van der Waals surface area contributed by atoms with Gasteiger partial charge in [-0.2, -0.15) is 0 Å². The number of rotatable bonds is 6. The van der Waals surface area contributed by atoms with E-state index in [1.54, 1.807) is 6.07 Å². The molecule has 0 aromatic heterocycles. The van der Waals surface area contributed by atoms with Crippen LogP contribution in [-0.4, -0.2) is 37.5 Å². The van der Waals surface area contributed by atoms with Crippen LogP contribution in [0.25, 0.3) is 0 Å². The van der Waals surface area contributed by atoms with E-state index in [2.05, 4.69) is 5.32 Å². The van der Waals surface area contributed by atoms with Crippen molar-refractivity contribution in [3.8, 4) is 5.75 Å². The minimum atomic E-state index is -1.10. The number of nitrogens with zero attached hydrogens (tertiary/aromatic N) is 1. The second-order valence-corrected chi connectivity index (χ2v) is 7.16. The lowest BCUT2D eigenvalue weighted by Crippen LogP contribution is -2.33. The van der Waals surface area contributed by atoms with Crippen LogP contribution in [-0.2, 0) is 19.1 Å². The van der Waals surface area contributed by atoms with Gasteiger partial charge in [0, 0.05) is 18.7 Å². The fraction of sp³-hybridized carbons (Fsp3) is 0.318. The Morgan fingerprint density at radius 1 is 1.23 bits per heavy atom. The zero-order chi connectivity index (χ0) is 21.8. The Bertz CT molecular complexity index is 978. The molecule has 3 rings (SSSR count). The van der Waals surface area contributed by atoms with E-state index in [-0.39, 0.29) is 24.6 Å². The van der Waals surface area contributed by atoms with E-state index < -0.39 is 29.7 Å². The van der Waals surface area contributed by atoms with E-state index in [9.17, 15) is 18.8 Å². The number of methoxy groups -OCH3 is 1. The first-order chi connectivity index (χ1) is 14.3. The predicted molar refractivity (Wildman–Crippen MR) is 109 cm³/mol. The molecular formula is C22H23FN2O5. The Morgan fingerprint density at radius 2 is 2.00 bits per heavy atom. The Morgan fingerprint density at radius 3 is 2.70 bits per heavy atom. The predicted octanol–water partition coefficient (Wildman–Crippen LogP) is 3.07. The Labute approximate surface area is 173 Å². The third kappa shape index (κ3) is 4.76. The molecule has 1 fully saturated rings. The number of carbonyl (C=O) groups excluding carboxylic acids is 3. The second-order valence-electron chi connectivity index (χ2n) is 7.16. The molecule has 1 saturated heterocycles. The summed E-state index contributed by atoms with van der Waals surface area (Å²) < 4.78 is 23.8. The topological polar surface area (TPSA) is 84.9 Å². The maximum absolute atomic E-state index is 13.2. The maximum Gasteiger partial charge on any atom is 0.312 e. The Hall–Kier alpha value is -3.42. The molecule has 1 aliphatic rings. The van der Waals surface area contributed by atoms with Gasteiger partial charge >= 0.3 is 5.97 Å². The summed E-state index contributed by atoms with van der Waals surface area (Å²) in [6.45, 7) is 3.45. The van der Waals surface area contributed by atoms with Crippen LogP contribution in [0.3, 0.4) is 0 Å². The number of carbonyl (C=O) groups is 3. The fourth-order valence-electron chi connectivity index (χ4n) is 3.24. The molecule has 0 spiro atoms. The molecule has 2 atom stereocenters. The average molecular weight is 414 g/mol. The first kappa shape index (κ1) is 21.3. The Kier molecular flexibility index (Phi) is 6.34. The molecule has 1 heterocycles. The van der Waals surface area contributed by atoms with Crippen LogP contribution >= 0.6 is 0 Å². The van der Waals surface area contributed by atoms with Gasteiger partial charge in [0.2, 0.25) is 5.91 Å². The van der Waals surface area contributed by atoms with Gasteiger partial charge in [0.05, 0.1) is 18.7 Å². The number of benzene rings is 2. The number of halogens is 1. The molecule has 2 amide bonds. The van der Waals surface area contributed by atoms with E-state index in [4.69, 9.17) is 9.47 Å². The van der Waals surface area contributed by atoms with Crippen LogP contribution in [0.1, 0.15) is 18.9 Å². The molecule has 0 unspecified atom stereocenters. The molecule has 7 nitrogen and oxygen atoms in total. The lowest BCUT2D eigenvalue weighted by atomic mass is 10.1. The highest BCUT2D eigenvalue weighted by atomic mass is 19.1. The first-order valence-corrected chi connectivity index (χ1v) is 9.50. The molecule has 158 valence electrons. The summed E-state index contributed by atoms with van der Waals surface area (Å²) in [6, 6.07) is 10.9. The first-order valence-electron chi connectivity index (χ1n) is 9.50. The molecule has 2 aromatic carbocycles. The number of anilines is 2. The van der Waals surface area contributed by atoms with Crippen molar-refractivity contribution in [1.82, 2.24) is 0 Å². The highest BCUT2D eigenvalue weighted by molar-refractivity contribution is 6.01. The minimum absolute atomic E-state index is 0.0197. The molecule has 1 aliphatic heterocycles. The molecule has 2 aromatic rings. The van der Waals surface area contributed by atoms with Crippen LogP contribution in [0.2, 0.25) is 0 Å². The van der Waals surface area contributed by atoms with Crippen LogP contribution in [0.5, 0.6) is 5.75 Å². The summed E-state index contributed by atoms with van der Waals surface area (Å²) in [5.74, 6) is -2.11. The summed E-state index contributed by atoms with van der Waals surface area (Å²) in [4.78, 5) is 38.8. The number of hydrogen-bond donors (Lipinski definition) is 1. The normalized spacial score (nSPS) is 16.9. The monoisotopic (exact) mass is 414 g/mol. The van der Waals surface area contributed by atoms with Gasteiger partial charge in [-0.3, -0.25) is 14.4 Å². The van der Waals surface area contributed by atoms with Gasteiger partial charge in [-0.1, -0.05) is 12.1 Å². The van der Waals surface area contributed by atoms with Gasteiger partial charge in [0.25, 0.3) is 5.91 Å². The molecular weight excluding hydrogens is 391 g/mol. The highest BCUT2D eigenvalue weighted by Crippen LogP contribution is 2.34. The summed E-state index contributed by atoms with van der Waals surface area (Å²) in [7, 11) is 1.51. The van der Waals surface area contributed by atoms with E-state index in [1.165, 1.54) is 37.1 Å². The SMILES string of the molecule is COc1ccc(C)cc1N1C[C@H](C(=O)O[C@@H](C)C(=O)Nc2cccc(F)c2)CC1=O. The van der Waals surface area contributed by atoms with Crippen LogP contribution in [0.4, 0.5) is 15.8 Å². The van der Waals surface area contributed by atoms with Crippen molar-refractivity contribution in [2.75, 3.05) is 23.9 Å². The van der Waals surface area contributed by atoms with Crippen molar-refractivity contribution in [1.29, 1.82) is 0 Å². The molecule has 1 N–H and O–H groups in total. The zero-order valence-electron chi connectivity index (χ0n) is 17.0. The number of nitrogens with one attached hydrogen (secondary N) is 1. The van der Waals surface area contributed by atoms with Crippen molar-refractivity contribution in [3.63, 3.8) is 0 Å². The van der Waals surface area contributed by atoms with Crippen molar-refractivity contribution in [2.24, 2.45) is 5.92 Å². The van der Waals surface area contributed by atoms with Crippen LogP contribution < -0.4 is 15.0 Å². The van der Waals surface area contributed by atoms with Crippen molar-refractivity contribution < 1.29 is 28.2 Å². The lowest BCUT2D eigenvalue weighted by Gasteiger charge is -2.20. The van der Waals surface area contributed by atoms with Crippen molar-refractivity contribution in [2.45, 2.75) is 26.4 Å². The van der Waals surface area contributed by atoms with Crippen LogP contribution in [0, 0.1) is 18.7 Å². The van der Waals surface area contributed by atoms with Gasteiger partial charge in [-0.15, -0.1) is 0 Å². The van der Waals surface area contributed by atoms with Crippen LogP contribution in [0.15, 0.2) is 42.5 Å². The summed E-state index contributed by atoms with van der Waals surface area (Å²) in [6.07, 6.45) is -1.12. The standard InChI is InChI=1S/C22H23FN2O5/c1-13-7-8-19(29-3)18(9-13)25-12-15(10-20(25)26)22(28)30-14(2)21(27)24-17-6-4-5-16(23)11-17/h4-9,11,14-15H,10,12H2,1-3H3,(H,24,27)/t14-,15+/m0/s1. The fourth-order valence-corrected chi connectivity index (χ4v) is 3.24. The van der Waals surface area contributed by atoms with Gasteiger partial charge in [0.15, 0.2) is 6.10 Å². The number of amides is 2. The molecule has 8 heteroatoms. The van der Waals surface area contributed by atoms with E-state index in [0.717, 1.165) is 11.6 Å². The van der Waals surface area contributed by atoms with Gasteiger partial charge in [-0.05, 0) is 49.7 Å². The number of ether oxygens (including phenoxy) is 2. The van der Waals surface area contributed by atoms with Gasteiger partial charge in [-0.25, -0.2) is 4.39 Å². The number of hydrogen-bond acceptors (Lipinski definition) is 5. The molecule has 0 aliphatic carbocycles. The summed E-state index contributed by atoms with van der Waals surface area (Å²) in [5, 5.41) is 2.49. The van der Waals surface area contributed by atoms with Crippen molar-refractivity contribution >= 4 is 29.2 Å². The van der Waals surface area contributed by atoms with E-state index >= 15 is 0 Å². The molecule has 30 heavy (non-hydrogen) atoms.